The predicted octanol–water partition coefficient (Wildman–Crippen LogP) is 2.95. The van der Waals surface area contributed by atoms with E-state index in [-0.39, 0.29) is 30.0 Å². The number of carbonyl (C=O) groups is 1. The molecule has 0 saturated carbocycles. The van der Waals surface area contributed by atoms with E-state index in [2.05, 4.69) is 15.3 Å². The number of carbonyl (C=O) groups excluding carboxylic acids is 1. The number of anilines is 1. The lowest BCUT2D eigenvalue weighted by Gasteiger charge is -2.12. The van der Waals surface area contributed by atoms with Crippen molar-refractivity contribution in [2.75, 3.05) is 5.32 Å². The van der Waals surface area contributed by atoms with Gasteiger partial charge in [-0.25, -0.2) is 9.37 Å². The van der Waals surface area contributed by atoms with Gasteiger partial charge in [0, 0.05) is 11.8 Å². The highest BCUT2D eigenvalue weighted by Gasteiger charge is 2.16. The molecule has 1 unspecified atom stereocenters. The summed E-state index contributed by atoms with van der Waals surface area (Å²) in [6, 6.07) is 6.87. The first-order valence-corrected chi connectivity index (χ1v) is 8.66. The van der Waals surface area contributed by atoms with E-state index in [0.29, 0.717) is 16.5 Å². The lowest BCUT2D eigenvalue weighted by Crippen LogP contribution is -2.23. The Bertz CT molecular complexity index is 777. The minimum absolute atomic E-state index is 0.0256. The largest absolute Gasteiger partial charge is 0.373 e. The van der Waals surface area contributed by atoms with Crippen LogP contribution in [0.2, 0.25) is 0 Å². The first kappa shape index (κ1) is 19.1. The molecule has 2 rings (SSSR count). The van der Waals surface area contributed by atoms with Crippen LogP contribution in [0, 0.1) is 5.82 Å². The summed E-state index contributed by atoms with van der Waals surface area (Å²) in [4.78, 5) is 30.8. The molecule has 0 radical (unpaired) electrons. The number of benzene rings is 1. The van der Waals surface area contributed by atoms with Gasteiger partial charge in [-0.3, -0.25) is 9.59 Å². The van der Waals surface area contributed by atoms with Crippen LogP contribution < -0.4 is 10.9 Å². The van der Waals surface area contributed by atoms with Crippen molar-refractivity contribution < 1.29 is 13.9 Å². The molecule has 1 amide bonds. The fourth-order valence-electron chi connectivity index (χ4n) is 1.86. The number of rotatable bonds is 7. The van der Waals surface area contributed by atoms with Crippen molar-refractivity contribution in [3.05, 3.63) is 52.2 Å². The Morgan fingerprint density at radius 1 is 1.32 bits per heavy atom. The Morgan fingerprint density at radius 2 is 2.00 bits per heavy atom. The molecule has 25 heavy (non-hydrogen) atoms. The second-order valence-corrected chi connectivity index (χ2v) is 6.99. The highest BCUT2D eigenvalue weighted by Crippen LogP contribution is 2.20. The molecule has 2 N–H and O–H groups in total. The minimum Gasteiger partial charge on any atom is -0.373 e. The number of aromatic amines is 1. The number of thioether (sulfide) groups is 1. The number of nitrogens with zero attached hydrogens (tertiary/aromatic N) is 1. The second-order valence-electron chi connectivity index (χ2n) is 5.66. The number of hydrogen-bond acceptors (Lipinski definition) is 5. The number of H-pyrrole nitrogens is 1. The van der Waals surface area contributed by atoms with Crippen LogP contribution >= 0.6 is 11.8 Å². The Balaban J connectivity index is 2.01. The van der Waals surface area contributed by atoms with Crippen LogP contribution in [-0.2, 0) is 16.1 Å². The van der Waals surface area contributed by atoms with Crippen molar-refractivity contribution in [2.24, 2.45) is 0 Å². The van der Waals surface area contributed by atoms with Crippen LogP contribution in [0.5, 0.6) is 0 Å². The molecule has 0 bridgehead atoms. The molecule has 1 heterocycles. The molecular weight excluding hydrogens is 345 g/mol. The molecule has 0 aliphatic rings. The van der Waals surface area contributed by atoms with Gasteiger partial charge in [0.05, 0.1) is 23.7 Å². The molecule has 0 fully saturated rings. The van der Waals surface area contributed by atoms with Crippen LogP contribution in [-0.4, -0.2) is 27.2 Å². The lowest BCUT2D eigenvalue weighted by atomic mass is 10.3. The van der Waals surface area contributed by atoms with Gasteiger partial charge in [0.1, 0.15) is 5.82 Å². The van der Waals surface area contributed by atoms with Gasteiger partial charge in [-0.1, -0.05) is 11.8 Å². The normalized spacial score (nSPS) is 12.2. The maximum absolute atomic E-state index is 12.9. The number of nitrogens with one attached hydrogen (secondary N) is 2. The van der Waals surface area contributed by atoms with E-state index in [9.17, 15) is 14.0 Å². The molecule has 6 nitrogen and oxygen atoms in total. The molecule has 8 heteroatoms. The number of amides is 1. The van der Waals surface area contributed by atoms with E-state index in [1.165, 1.54) is 30.3 Å². The van der Waals surface area contributed by atoms with Crippen molar-refractivity contribution in [3.63, 3.8) is 0 Å². The first-order chi connectivity index (χ1) is 11.8. The van der Waals surface area contributed by atoms with Crippen molar-refractivity contribution in [1.29, 1.82) is 0 Å². The SMILES string of the molecule is CC(C)OCc1cc(=O)[nH]c(SC(C)C(=O)Nc2ccc(F)cc2)n1. The fourth-order valence-corrected chi connectivity index (χ4v) is 2.69. The fraction of sp³-hybridized carbons (Fsp3) is 0.353. The van der Waals surface area contributed by atoms with E-state index in [1.807, 2.05) is 13.8 Å². The first-order valence-electron chi connectivity index (χ1n) is 7.78. The number of aromatic nitrogens is 2. The summed E-state index contributed by atoms with van der Waals surface area (Å²) in [5, 5.41) is 2.53. The smallest absolute Gasteiger partial charge is 0.251 e. The minimum atomic E-state index is -0.505. The maximum Gasteiger partial charge on any atom is 0.251 e. The van der Waals surface area contributed by atoms with E-state index < -0.39 is 5.25 Å². The zero-order valence-electron chi connectivity index (χ0n) is 14.2. The number of hydrogen-bond donors (Lipinski definition) is 2. The Hall–Kier alpha value is -2.19. The summed E-state index contributed by atoms with van der Waals surface area (Å²) in [7, 11) is 0. The molecule has 1 aromatic carbocycles. The average molecular weight is 365 g/mol. The van der Waals surface area contributed by atoms with E-state index >= 15 is 0 Å². The maximum atomic E-state index is 12.9. The monoisotopic (exact) mass is 365 g/mol. The number of ether oxygens (including phenoxy) is 1. The summed E-state index contributed by atoms with van der Waals surface area (Å²) in [5.41, 5.74) is 0.705. The standard InChI is InChI=1S/C17H20FN3O3S/c1-10(2)24-9-14-8-15(22)21-17(20-14)25-11(3)16(23)19-13-6-4-12(18)5-7-13/h4-8,10-11H,9H2,1-3H3,(H,19,23)(H,20,21,22). The van der Waals surface area contributed by atoms with Crippen molar-refractivity contribution in [3.8, 4) is 0 Å². The van der Waals surface area contributed by atoms with Gasteiger partial charge in [0.2, 0.25) is 5.91 Å². The summed E-state index contributed by atoms with van der Waals surface area (Å²) in [5.74, 6) is -0.647. The summed E-state index contributed by atoms with van der Waals surface area (Å²) in [6.45, 7) is 5.71. The van der Waals surface area contributed by atoms with E-state index in [4.69, 9.17) is 4.74 Å². The molecule has 0 aliphatic carbocycles. The lowest BCUT2D eigenvalue weighted by molar-refractivity contribution is -0.115. The predicted molar refractivity (Wildman–Crippen MR) is 95.1 cm³/mol. The second kappa shape index (κ2) is 8.77. The zero-order valence-corrected chi connectivity index (χ0v) is 15.0. The molecule has 134 valence electrons. The Morgan fingerprint density at radius 3 is 2.64 bits per heavy atom. The summed E-state index contributed by atoms with van der Waals surface area (Å²) < 4.78 is 18.3. The molecule has 0 saturated heterocycles. The molecule has 0 spiro atoms. The van der Waals surface area contributed by atoms with E-state index in [0.717, 1.165) is 11.8 Å². The molecule has 1 atom stereocenters. The molecular formula is C17H20FN3O3S. The third kappa shape index (κ3) is 6.32. The Labute approximate surface area is 149 Å². The average Bonchev–Trinajstić information content (AvgIpc) is 2.54. The zero-order chi connectivity index (χ0) is 18.4. The van der Waals surface area contributed by atoms with Crippen LogP contribution in [0.25, 0.3) is 0 Å². The van der Waals surface area contributed by atoms with Gasteiger partial charge in [0.15, 0.2) is 5.16 Å². The van der Waals surface area contributed by atoms with Crippen LogP contribution in [0.15, 0.2) is 40.3 Å². The van der Waals surface area contributed by atoms with Crippen LogP contribution in [0.4, 0.5) is 10.1 Å². The van der Waals surface area contributed by atoms with E-state index in [1.54, 1.807) is 6.92 Å². The molecule has 2 aromatic rings. The third-order valence-corrected chi connectivity index (χ3v) is 4.09. The van der Waals surface area contributed by atoms with Gasteiger partial charge in [-0.2, -0.15) is 0 Å². The Kier molecular flexibility index (Phi) is 6.72. The summed E-state index contributed by atoms with van der Waals surface area (Å²) in [6.07, 6.45) is 0.0256. The highest BCUT2D eigenvalue weighted by molar-refractivity contribution is 8.00. The van der Waals surface area contributed by atoms with Gasteiger partial charge in [-0.05, 0) is 45.0 Å². The quantitative estimate of drug-likeness (QED) is 0.582. The van der Waals surface area contributed by atoms with Crippen LogP contribution in [0.3, 0.4) is 0 Å². The number of halogens is 1. The highest BCUT2D eigenvalue weighted by atomic mass is 32.2. The van der Waals surface area contributed by atoms with Gasteiger partial charge in [-0.15, -0.1) is 0 Å². The topological polar surface area (TPSA) is 84.1 Å². The third-order valence-electron chi connectivity index (χ3n) is 3.11. The van der Waals surface area contributed by atoms with Crippen molar-refractivity contribution >= 4 is 23.4 Å². The van der Waals surface area contributed by atoms with Gasteiger partial charge in [0.25, 0.3) is 5.56 Å². The van der Waals surface area contributed by atoms with Crippen LogP contribution in [0.1, 0.15) is 26.5 Å². The molecule has 1 aromatic heterocycles. The van der Waals surface area contributed by atoms with Crippen molar-refractivity contribution in [2.45, 2.75) is 43.9 Å². The summed E-state index contributed by atoms with van der Waals surface area (Å²) >= 11 is 1.13. The van der Waals surface area contributed by atoms with Gasteiger partial charge < -0.3 is 15.0 Å². The van der Waals surface area contributed by atoms with Gasteiger partial charge >= 0.3 is 0 Å². The van der Waals surface area contributed by atoms with Crippen molar-refractivity contribution in [1.82, 2.24) is 9.97 Å². The molecule has 0 aliphatic heterocycles.